The number of hydrogen-bond donors (Lipinski definition) is 2. The number of hydrogen-bond acceptors (Lipinski definition) is 4. The van der Waals surface area contributed by atoms with Crippen LogP contribution < -0.4 is 5.32 Å². The molecule has 0 amide bonds. The third-order valence-electron chi connectivity index (χ3n) is 4.25. The molecule has 0 radical (unpaired) electrons. The van der Waals surface area contributed by atoms with Gasteiger partial charge in [-0.2, -0.15) is 0 Å². The van der Waals surface area contributed by atoms with Crippen LogP contribution in [0.2, 0.25) is 0 Å². The molecular formula is C14H29N3O. The molecule has 0 aromatic rings. The second-order valence-corrected chi connectivity index (χ2v) is 6.67. The van der Waals surface area contributed by atoms with Crippen molar-refractivity contribution in [3.8, 4) is 0 Å². The van der Waals surface area contributed by atoms with Crippen molar-refractivity contribution in [2.75, 3.05) is 40.3 Å². The number of likely N-dealkylation sites (N-methyl/N-ethyl adjacent to an activating group) is 1. The van der Waals surface area contributed by atoms with Gasteiger partial charge in [-0.3, -0.25) is 0 Å². The maximum Gasteiger partial charge on any atom is 0.0869 e. The van der Waals surface area contributed by atoms with E-state index < -0.39 is 5.60 Å². The van der Waals surface area contributed by atoms with Crippen molar-refractivity contribution < 1.29 is 5.11 Å². The molecule has 18 heavy (non-hydrogen) atoms. The molecule has 2 rings (SSSR count). The van der Waals surface area contributed by atoms with Crippen LogP contribution in [-0.4, -0.2) is 72.9 Å². The van der Waals surface area contributed by atoms with Crippen LogP contribution in [0.25, 0.3) is 0 Å². The fourth-order valence-corrected chi connectivity index (χ4v) is 3.51. The zero-order valence-electron chi connectivity index (χ0n) is 12.2. The van der Waals surface area contributed by atoms with Crippen molar-refractivity contribution in [2.45, 2.75) is 50.3 Å². The van der Waals surface area contributed by atoms with Crippen molar-refractivity contribution in [1.82, 2.24) is 15.1 Å². The largest absolute Gasteiger partial charge is 0.388 e. The van der Waals surface area contributed by atoms with Crippen LogP contribution >= 0.6 is 0 Å². The predicted octanol–water partition coefficient (Wildman–Crippen LogP) is 0.515. The Bertz CT molecular complexity index is 268. The highest BCUT2D eigenvalue weighted by Gasteiger charge is 2.32. The zero-order chi connectivity index (χ0) is 13.2. The Labute approximate surface area is 111 Å². The number of piperidine rings is 1. The summed E-state index contributed by atoms with van der Waals surface area (Å²) < 4.78 is 0. The Balaban J connectivity index is 1.73. The Kier molecular flexibility index (Phi) is 4.64. The van der Waals surface area contributed by atoms with Gasteiger partial charge < -0.3 is 20.2 Å². The first-order chi connectivity index (χ1) is 8.46. The van der Waals surface area contributed by atoms with E-state index in [4.69, 9.17) is 0 Å². The van der Waals surface area contributed by atoms with Gasteiger partial charge in [0.15, 0.2) is 0 Å². The summed E-state index contributed by atoms with van der Waals surface area (Å²) in [5.74, 6) is 0. The molecule has 0 saturated carbocycles. The molecule has 0 unspecified atom stereocenters. The molecule has 2 aliphatic rings. The average molecular weight is 255 g/mol. The summed E-state index contributed by atoms with van der Waals surface area (Å²) in [6.07, 6.45) is 5.23. The van der Waals surface area contributed by atoms with Gasteiger partial charge in [-0.25, -0.2) is 0 Å². The topological polar surface area (TPSA) is 38.7 Å². The fraction of sp³-hybridized carbons (Fsp3) is 1.00. The van der Waals surface area contributed by atoms with E-state index in [0.717, 1.165) is 6.04 Å². The van der Waals surface area contributed by atoms with E-state index in [1.165, 1.54) is 38.8 Å². The summed E-state index contributed by atoms with van der Waals surface area (Å²) in [4.78, 5) is 4.68. The van der Waals surface area contributed by atoms with E-state index in [1.807, 2.05) is 25.9 Å². The van der Waals surface area contributed by atoms with Crippen LogP contribution in [0, 0.1) is 0 Å². The lowest BCUT2D eigenvalue weighted by molar-refractivity contribution is 0.0277. The summed E-state index contributed by atoms with van der Waals surface area (Å²) >= 11 is 0. The molecule has 2 heterocycles. The molecule has 2 saturated heterocycles. The molecule has 4 heteroatoms. The summed E-state index contributed by atoms with van der Waals surface area (Å²) in [5.41, 5.74) is -0.629. The SMILES string of the molecule is CN(C)C[C@](C)(O)CN[C@@H]1CCN2CCC[C@H]2C1. The van der Waals surface area contributed by atoms with Gasteiger partial charge in [0.1, 0.15) is 0 Å². The van der Waals surface area contributed by atoms with E-state index in [1.54, 1.807) is 0 Å². The van der Waals surface area contributed by atoms with E-state index in [2.05, 4.69) is 10.2 Å². The average Bonchev–Trinajstić information content (AvgIpc) is 2.71. The first kappa shape index (κ1) is 14.3. The van der Waals surface area contributed by atoms with Gasteiger partial charge in [0.25, 0.3) is 0 Å². The maximum absolute atomic E-state index is 10.3. The molecule has 106 valence electrons. The molecule has 2 fully saturated rings. The lowest BCUT2D eigenvalue weighted by Gasteiger charge is -2.37. The number of fused-ring (bicyclic) bond motifs is 1. The van der Waals surface area contributed by atoms with Crippen molar-refractivity contribution in [1.29, 1.82) is 0 Å². The van der Waals surface area contributed by atoms with Crippen molar-refractivity contribution in [2.24, 2.45) is 0 Å². The van der Waals surface area contributed by atoms with Crippen LogP contribution in [-0.2, 0) is 0 Å². The second kappa shape index (κ2) is 5.87. The maximum atomic E-state index is 10.3. The quantitative estimate of drug-likeness (QED) is 0.751. The number of nitrogens with zero attached hydrogens (tertiary/aromatic N) is 2. The number of rotatable bonds is 5. The van der Waals surface area contributed by atoms with E-state index in [9.17, 15) is 5.11 Å². The first-order valence-electron chi connectivity index (χ1n) is 7.31. The highest BCUT2D eigenvalue weighted by molar-refractivity contribution is 4.90. The van der Waals surface area contributed by atoms with Crippen LogP contribution in [0.3, 0.4) is 0 Å². The van der Waals surface area contributed by atoms with Gasteiger partial charge >= 0.3 is 0 Å². The van der Waals surface area contributed by atoms with E-state index in [0.29, 0.717) is 19.1 Å². The Hall–Kier alpha value is -0.160. The van der Waals surface area contributed by atoms with E-state index in [-0.39, 0.29) is 0 Å². The van der Waals surface area contributed by atoms with E-state index >= 15 is 0 Å². The lowest BCUT2D eigenvalue weighted by Crippen LogP contribution is -2.52. The molecule has 3 atom stereocenters. The standard InChI is InChI=1S/C14H29N3O/c1-14(18,11-16(2)3)10-15-12-6-8-17-7-4-5-13(17)9-12/h12-13,15,18H,4-11H2,1-3H3/t12-,13+,14-/m1/s1. The zero-order valence-corrected chi connectivity index (χ0v) is 12.2. The summed E-state index contributed by atoms with van der Waals surface area (Å²) in [6, 6.07) is 1.40. The summed E-state index contributed by atoms with van der Waals surface area (Å²) in [6.45, 7) is 5.86. The van der Waals surface area contributed by atoms with Gasteiger partial charge in [-0.05, 0) is 59.8 Å². The first-order valence-corrected chi connectivity index (χ1v) is 7.31. The number of nitrogens with one attached hydrogen (secondary N) is 1. The predicted molar refractivity (Wildman–Crippen MR) is 74.8 cm³/mol. The van der Waals surface area contributed by atoms with Gasteiger partial charge in [0.2, 0.25) is 0 Å². The Morgan fingerprint density at radius 2 is 2.11 bits per heavy atom. The Morgan fingerprint density at radius 3 is 2.83 bits per heavy atom. The Morgan fingerprint density at radius 1 is 1.33 bits per heavy atom. The highest BCUT2D eigenvalue weighted by atomic mass is 16.3. The summed E-state index contributed by atoms with van der Waals surface area (Å²) in [5, 5.41) is 13.9. The third-order valence-corrected chi connectivity index (χ3v) is 4.25. The molecular weight excluding hydrogens is 226 g/mol. The van der Waals surface area contributed by atoms with Gasteiger partial charge in [-0.15, -0.1) is 0 Å². The smallest absolute Gasteiger partial charge is 0.0869 e. The monoisotopic (exact) mass is 255 g/mol. The molecule has 0 aromatic carbocycles. The van der Waals surface area contributed by atoms with Crippen LogP contribution in [0.4, 0.5) is 0 Å². The summed E-state index contributed by atoms with van der Waals surface area (Å²) in [7, 11) is 4.01. The molecule has 4 nitrogen and oxygen atoms in total. The van der Waals surface area contributed by atoms with Gasteiger partial charge in [0, 0.05) is 25.2 Å². The number of aliphatic hydroxyl groups is 1. The van der Waals surface area contributed by atoms with Gasteiger partial charge in [-0.1, -0.05) is 0 Å². The molecule has 0 aliphatic carbocycles. The second-order valence-electron chi connectivity index (χ2n) is 6.67. The van der Waals surface area contributed by atoms with Crippen molar-refractivity contribution in [3.05, 3.63) is 0 Å². The lowest BCUT2D eigenvalue weighted by atomic mass is 9.96. The van der Waals surface area contributed by atoms with Crippen LogP contribution in [0.5, 0.6) is 0 Å². The highest BCUT2D eigenvalue weighted by Crippen LogP contribution is 2.26. The normalized spacial score (nSPS) is 32.5. The van der Waals surface area contributed by atoms with Crippen LogP contribution in [0.15, 0.2) is 0 Å². The fourth-order valence-electron chi connectivity index (χ4n) is 3.51. The van der Waals surface area contributed by atoms with Crippen LogP contribution in [0.1, 0.15) is 32.6 Å². The minimum atomic E-state index is -0.629. The molecule has 2 N–H and O–H groups in total. The molecule has 0 spiro atoms. The minimum absolute atomic E-state index is 0.595. The van der Waals surface area contributed by atoms with Crippen molar-refractivity contribution in [3.63, 3.8) is 0 Å². The van der Waals surface area contributed by atoms with Gasteiger partial charge in [0.05, 0.1) is 5.60 Å². The minimum Gasteiger partial charge on any atom is -0.388 e. The molecule has 2 aliphatic heterocycles. The molecule has 0 aromatic heterocycles. The van der Waals surface area contributed by atoms with Crippen molar-refractivity contribution >= 4 is 0 Å². The third kappa shape index (κ3) is 3.92. The molecule has 0 bridgehead atoms.